The first-order chi connectivity index (χ1) is 6.79. The number of aliphatic hydroxyl groups excluding tert-OH is 1. The molecule has 1 N–H and O–H groups in total. The summed E-state index contributed by atoms with van der Waals surface area (Å²) < 4.78 is 4.84. The summed E-state index contributed by atoms with van der Waals surface area (Å²) in [5.74, 6) is 0.163. The molecular formula is C11H23NO3. The van der Waals surface area contributed by atoms with Crippen molar-refractivity contribution in [3.05, 3.63) is 0 Å². The van der Waals surface area contributed by atoms with Crippen molar-refractivity contribution >= 4 is 5.78 Å². The molecule has 90 valence electrons. The maximum atomic E-state index is 11.3. The van der Waals surface area contributed by atoms with Crippen molar-refractivity contribution in [2.75, 3.05) is 33.9 Å². The molecule has 0 bridgehead atoms. The van der Waals surface area contributed by atoms with Crippen LogP contribution in [0.25, 0.3) is 0 Å². The molecular weight excluding hydrogens is 194 g/mol. The summed E-state index contributed by atoms with van der Waals surface area (Å²) in [6, 6.07) is 0. The average molecular weight is 217 g/mol. The smallest absolute Gasteiger partial charge is 0.136 e. The standard InChI is InChI=1S/C11H23NO3/c1-9(13)11(2,3)8-12(4)6-10(14)7-15-5/h10,14H,6-8H2,1-5H3. The highest BCUT2D eigenvalue weighted by molar-refractivity contribution is 5.81. The Morgan fingerprint density at radius 2 is 2.07 bits per heavy atom. The topological polar surface area (TPSA) is 49.8 Å². The second-order valence-corrected chi connectivity index (χ2v) is 4.75. The molecule has 0 saturated carbocycles. The Bertz CT molecular complexity index is 204. The lowest BCUT2D eigenvalue weighted by atomic mass is 9.88. The molecule has 0 saturated heterocycles. The monoisotopic (exact) mass is 217 g/mol. The highest BCUT2D eigenvalue weighted by Gasteiger charge is 2.25. The molecule has 0 aromatic heterocycles. The number of carbonyl (C=O) groups excluding carboxylic acids is 1. The van der Waals surface area contributed by atoms with Crippen LogP contribution in [0.2, 0.25) is 0 Å². The van der Waals surface area contributed by atoms with Crippen molar-refractivity contribution in [2.45, 2.75) is 26.9 Å². The third-order valence-electron chi connectivity index (χ3n) is 2.50. The summed E-state index contributed by atoms with van der Waals surface area (Å²) in [6.45, 7) is 6.90. The summed E-state index contributed by atoms with van der Waals surface area (Å²) in [5, 5.41) is 9.50. The van der Waals surface area contributed by atoms with Gasteiger partial charge in [-0.3, -0.25) is 4.79 Å². The molecule has 0 spiro atoms. The van der Waals surface area contributed by atoms with Crippen molar-refractivity contribution in [1.82, 2.24) is 4.90 Å². The number of ketones is 1. The van der Waals surface area contributed by atoms with Crippen molar-refractivity contribution in [3.63, 3.8) is 0 Å². The van der Waals surface area contributed by atoms with Gasteiger partial charge in [0, 0.05) is 25.6 Å². The van der Waals surface area contributed by atoms with Crippen molar-refractivity contribution in [1.29, 1.82) is 0 Å². The molecule has 1 atom stereocenters. The van der Waals surface area contributed by atoms with Crippen LogP contribution in [-0.2, 0) is 9.53 Å². The molecule has 0 rings (SSSR count). The van der Waals surface area contributed by atoms with Crippen LogP contribution >= 0.6 is 0 Å². The number of hydrogen-bond acceptors (Lipinski definition) is 4. The first kappa shape index (κ1) is 14.6. The third kappa shape index (κ3) is 5.87. The lowest BCUT2D eigenvalue weighted by molar-refractivity contribution is -0.125. The SMILES string of the molecule is COCC(O)CN(C)CC(C)(C)C(C)=O. The van der Waals surface area contributed by atoms with Gasteiger partial charge in [0.2, 0.25) is 0 Å². The first-order valence-electron chi connectivity index (χ1n) is 5.16. The normalized spacial score (nSPS) is 14.3. The van der Waals surface area contributed by atoms with E-state index in [4.69, 9.17) is 4.74 Å². The van der Waals surface area contributed by atoms with Crippen molar-refractivity contribution < 1.29 is 14.6 Å². The van der Waals surface area contributed by atoms with Gasteiger partial charge in [0.1, 0.15) is 5.78 Å². The van der Waals surface area contributed by atoms with E-state index in [1.54, 1.807) is 14.0 Å². The van der Waals surface area contributed by atoms with Gasteiger partial charge in [0.25, 0.3) is 0 Å². The number of hydrogen-bond donors (Lipinski definition) is 1. The van der Waals surface area contributed by atoms with Gasteiger partial charge in [-0.1, -0.05) is 13.8 Å². The molecule has 15 heavy (non-hydrogen) atoms. The zero-order valence-corrected chi connectivity index (χ0v) is 10.4. The fraction of sp³-hybridized carbons (Fsp3) is 0.909. The predicted molar refractivity (Wildman–Crippen MR) is 59.8 cm³/mol. The molecule has 1 unspecified atom stereocenters. The predicted octanol–water partition coefficient (Wildman–Crippen LogP) is 0.541. The summed E-state index contributed by atoms with van der Waals surface area (Å²) in [4.78, 5) is 13.2. The Balaban J connectivity index is 4.02. The molecule has 0 aliphatic carbocycles. The van der Waals surface area contributed by atoms with E-state index in [9.17, 15) is 9.90 Å². The maximum absolute atomic E-state index is 11.3. The zero-order valence-electron chi connectivity index (χ0n) is 10.4. The Morgan fingerprint density at radius 1 is 1.53 bits per heavy atom. The number of Topliss-reactive ketones (excluding diaryl/α,β-unsaturated/α-hetero) is 1. The van der Waals surface area contributed by atoms with Crippen LogP contribution in [-0.4, -0.2) is 55.7 Å². The minimum absolute atomic E-state index is 0.163. The van der Waals surface area contributed by atoms with Crippen LogP contribution in [0.3, 0.4) is 0 Å². The van der Waals surface area contributed by atoms with Gasteiger partial charge < -0.3 is 14.7 Å². The lowest BCUT2D eigenvalue weighted by Crippen LogP contribution is -2.40. The molecule has 0 heterocycles. The van der Waals surface area contributed by atoms with Crippen LogP contribution < -0.4 is 0 Å². The van der Waals surface area contributed by atoms with E-state index in [-0.39, 0.29) is 11.2 Å². The van der Waals surface area contributed by atoms with Crippen molar-refractivity contribution in [3.8, 4) is 0 Å². The molecule has 4 heteroatoms. The Hall–Kier alpha value is -0.450. The molecule has 0 amide bonds. The van der Waals surface area contributed by atoms with Gasteiger partial charge in [-0.05, 0) is 14.0 Å². The summed E-state index contributed by atoms with van der Waals surface area (Å²) in [5.41, 5.74) is -0.360. The van der Waals surface area contributed by atoms with Gasteiger partial charge in [0.15, 0.2) is 0 Å². The number of rotatable bonds is 7. The number of carbonyl (C=O) groups is 1. The van der Waals surface area contributed by atoms with Crippen LogP contribution in [0.5, 0.6) is 0 Å². The second-order valence-electron chi connectivity index (χ2n) is 4.75. The van der Waals surface area contributed by atoms with Gasteiger partial charge in [0.05, 0.1) is 12.7 Å². The molecule has 0 radical (unpaired) electrons. The number of methoxy groups -OCH3 is 1. The molecule has 4 nitrogen and oxygen atoms in total. The van der Waals surface area contributed by atoms with E-state index >= 15 is 0 Å². The molecule has 0 aromatic rings. The van der Waals surface area contributed by atoms with Gasteiger partial charge in [-0.2, -0.15) is 0 Å². The van der Waals surface area contributed by atoms with E-state index in [1.807, 2.05) is 25.8 Å². The van der Waals surface area contributed by atoms with E-state index < -0.39 is 6.10 Å². The summed E-state index contributed by atoms with van der Waals surface area (Å²) in [6.07, 6.45) is -0.497. The average Bonchev–Trinajstić information content (AvgIpc) is 2.02. The minimum atomic E-state index is -0.497. The first-order valence-corrected chi connectivity index (χ1v) is 5.16. The number of aliphatic hydroxyl groups is 1. The molecule has 0 aliphatic rings. The van der Waals surface area contributed by atoms with Crippen LogP contribution in [0.1, 0.15) is 20.8 Å². The Labute approximate surface area is 92.2 Å². The maximum Gasteiger partial charge on any atom is 0.136 e. The van der Waals surface area contributed by atoms with Crippen LogP contribution in [0.15, 0.2) is 0 Å². The number of nitrogens with zero attached hydrogens (tertiary/aromatic N) is 1. The van der Waals surface area contributed by atoms with E-state index in [0.717, 1.165) is 0 Å². The quantitative estimate of drug-likeness (QED) is 0.676. The lowest BCUT2D eigenvalue weighted by Gasteiger charge is -2.29. The zero-order chi connectivity index (χ0) is 12.1. The molecule has 0 fully saturated rings. The van der Waals surface area contributed by atoms with Crippen molar-refractivity contribution in [2.24, 2.45) is 5.41 Å². The summed E-state index contributed by atoms with van der Waals surface area (Å²) in [7, 11) is 3.45. The van der Waals surface area contributed by atoms with Crippen LogP contribution in [0, 0.1) is 5.41 Å². The third-order valence-corrected chi connectivity index (χ3v) is 2.50. The minimum Gasteiger partial charge on any atom is -0.389 e. The number of likely N-dealkylation sites (N-methyl/N-ethyl adjacent to an activating group) is 1. The largest absolute Gasteiger partial charge is 0.389 e. The molecule has 0 aliphatic heterocycles. The highest BCUT2D eigenvalue weighted by Crippen LogP contribution is 2.17. The van der Waals surface area contributed by atoms with Gasteiger partial charge in [-0.25, -0.2) is 0 Å². The fourth-order valence-electron chi connectivity index (χ4n) is 1.46. The van der Waals surface area contributed by atoms with Gasteiger partial charge in [-0.15, -0.1) is 0 Å². The highest BCUT2D eigenvalue weighted by atomic mass is 16.5. The fourth-order valence-corrected chi connectivity index (χ4v) is 1.46. The Kier molecular flexibility index (Phi) is 6.02. The Morgan fingerprint density at radius 3 is 2.47 bits per heavy atom. The van der Waals surface area contributed by atoms with E-state index in [2.05, 4.69) is 0 Å². The van der Waals surface area contributed by atoms with Crippen LogP contribution in [0.4, 0.5) is 0 Å². The van der Waals surface area contributed by atoms with Gasteiger partial charge >= 0.3 is 0 Å². The second kappa shape index (κ2) is 6.20. The molecule has 0 aromatic carbocycles. The van der Waals surface area contributed by atoms with E-state index in [0.29, 0.717) is 19.7 Å². The summed E-state index contributed by atoms with van der Waals surface area (Å²) >= 11 is 0. The van der Waals surface area contributed by atoms with E-state index in [1.165, 1.54) is 0 Å². The number of ether oxygens (including phenoxy) is 1.